The summed E-state index contributed by atoms with van der Waals surface area (Å²) in [7, 11) is 0. The number of aliphatic hydroxyl groups excluding tert-OH is 1. The van der Waals surface area contributed by atoms with E-state index < -0.39 is 18.4 Å². The summed E-state index contributed by atoms with van der Waals surface area (Å²) in [5, 5.41) is 9.71. The molecule has 1 N–H and O–H groups in total. The Bertz CT molecular complexity index is 232. The Morgan fingerprint density at radius 2 is 1.37 bits per heavy atom. The first-order valence-electron chi connectivity index (χ1n) is 8.69. The molecule has 0 aliphatic heterocycles. The summed E-state index contributed by atoms with van der Waals surface area (Å²) in [6.45, 7) is 9.82. The van der Waals surface area contributed by atoms with E-state index >= 15 is 0 Å². The molecule has 2 atom stereocenters. The summed E-state index contributed by atoms with van der Waals surface area (Å²) < 4.78 is 5.80. The minimum atomic E-state index is -2.00. The van der Waals surface area contributed by atoms with Gasteiger partial charge in [0.25, 0.3) is 0 Å². The Labute approximate surface area is 125 Å². The van der Waals surface area contributed by atoms with Gasteiger partial charge in [-0.25, -0.2) is 0 Å². The van der Waals surface area contributed by atoms with Gasteiger partial charge in [-0.05, 0) is 0 Å². The molecule has 1 fully saturated rings. The monoisotopic (exact) mass is 376 g/mol. The van der Waals surface area contributed by atoms with Crippen molar-refractivity contribution in [2.75, 3.05) is 6.61 Å². The van der Waals surface area contributed by atoms with Gasteiger partial charge < -0.3 is 0 Å². The van der Waals surface area contributed by atoms with Gasteiger partial charge in [0, 0.05) is 0 Å². The predicted octanol–water partition coefficient (Wildman–Crippen LogP) is 5.61. The number of unbranched alkanes of at least 4 members (excludes halogenated alkanes) is 3. The van der Waals surface area contributed by atoms with Gasteiger partial charge in [0.15, 0.2) is 0 Å². The number of aliphatic hydroxyl groups is 1. The topological polar surface area (TPSA) is 20.2 Å². The summed E-state index contributed by atoms with van der Waals surface area (Å²) >= 11 is -2.00. The van der Waals surface area contributed by atoms with E-state index in [0.717, 1.165) is 3.93 Å². The zero-order chi connectivity index (χ0) is 14.4. The van der Waals surface area contributed by atoms with Gasteiger partial charge >= 0.3 is 125 Å². The Hall–Kier alpha value is 0.759. The Morgan fingerprint density at radius 1 is 0.947 bits per heavy atom. The van der Waals surface area contributed by atoms with Gasteiger partial charge in [0.2, 0.25) is 0 Å². The molecule has 0 aromatic carbocycles. The van der Waals surface area contributed by atoms with Crippen molar-refractivity contribution in [3.63, 3.8) is 0 Å². The molecule has 0 spiro atoms. The molecule has 19 heavy (non-hydrogen) atoms. The second-order valence-electron chi connectivity index (χ2n) is 7.24. The third-order valence-electron chi connectivity index (χ3n) is 5.54. The first kappa shape index (κ1) is 17.8. The van der Waals surface area contributed by atoms with Crippen LogP contribution in [0, 0.1) is 5.41 Å². The second-order valence-corrected chi connectivity index (χ2v) is 21.3. The van der Waals surface area contributed by atoms with Crippen LogP contribution in [0.5, 0.6) is 0 Å². The van der Waals surface area contributed by atoms with E-state index in [0.29, 0.717) is 12.0 Å². The van der Waals surface area contributed by atoms with Gasteiger partial charge in [0.05, 0.1) is 0 Å². The summed E-state index contributed by atoms with van der Waals surface area (Å²) in [5.41, 5.74) is 0.339. The fourth-order valence-corrected chi connectivity index (χ4v) is 25.2. The molecule has 1 nitrogen and oxygen atoms in total. The third-order valence-corrected chi connectivity index (χ3v) is 23.9. The quantitative estimate of drug-likeness (QED) is 0.466. The van der Waals surface area contributed by atoms with Crippen LogP contribution >= 0.6 is 0 Å². The number of rotatable bonds is 11. The second kappa shape index (κ2) is 8.26. The van der Waals surface area contributed by atoms with Crippen LogP contribution in [0.2, 0.25) is 17.2 Å². The average molecular weight is 375 g/mol. The van der Waals surface area contributed by atoms with Crippen LogP contribution in [0.1, 0.15) is 72.6 Å². The maximum atomic E-state index is 9.71. The molecule has 0 amide bonds. The van der Waals surface area contributed by atoms with E-state index in [2.05, 4.69) is 27.7 Å². The molecule has 1 rings (SSSR count). The van der Waals surface area contributed by atoms with Crippen molar-refractivity contribution in [1.29, 1.82) is 0 Å². The van der Waals surface area contributed by atoms with Crippen LogP contribution < -0.4 is 0 Å². The van der Waals surface area contributed by atoms with Crippen molar-refractivity contribution < 1.29 is 5.11 Å². The summed E-state index contributed by atoms with van der Waals surface area (Å²) in [6.07, 6.45) is 9.82. The molecule has 114 valence electrons. The molecule has 0 saturated heterocycles. The summed E-state index contributed by atoms with van der Waals surface area (Å²) in [5.74, 6) is 0. The molecule has 2 unspecified atom stereocenters. The average Bonchev–Trinajstić information content (AvgIpc) is 3.12. The first-order chi connectivity index (χ1) is 9.08. The molecule has 1 saturated carbocycles. The molecular weight excluding hydrogens is 339 g/mol. The Balaban J connectivity index is 2.77. The third kappa shape index (κ3) is 4.62. The van der Waals surface area contributed by atoms with Crippen LogP contribution in [-0.4, -0.2) is 30.1 Å². The van der Waals surface area contributed by atoms with Crippen LogP contribution in [0.3, 0.4) is 0 Å². The van der Waals surface area contributed by atoms with E-state index in [1.165, 1.54) is 44.9 Å². The van der Waals surface area contributed by atoms with Crippen LogP contribution in [0.25, 0.3) is 0 Å². The van der Waals surface area contributed by atoms with E-state index in [9.17, 15) is 5.11 Å². The molecule has 1 aliphatic carbocycles. The molecule has 1 aliphatic rings. The number of hydrogen-bond acceptors (Lipinski definition) is 1. The zero-order valence-electron chi connectivity index (χ0n) is 13.8. The Kier molecular flexibility index (Phi) is 7.74. The standard InChI is InChI=1S/C5H9O.3C4H9.Sn/c1-5(4-6)2-3-5;3*1-3-4-2;/h2,6H,3-4H2,1H3;3*1,3-4H2,2H3;. The van der Waals surface area contributed by atoms with E-state index in [4.69, 9.17) is 0 Å². The van der Waals surface area contributed by atoms with Gasteiger partial charge in [-0.3, -0.25) is 0 Å². The van der Waals surface area contributed by atoms with Crippen LogP contribution in [-0.2, 0) is 0 Å². The fraction of sp³-hybridized carbons (Fsp3) is 1.00. The van der Waals surface area contributed by atoms with Crippen molar-refractivity contribution in [3.8, 4) is 0 Å². The van der Waals surface area contributed by atoms with Crippen molar-refractivity contribution in [2.45, 2.75) is 89.9 Å². The predicted molar refractivity (Wildman–Crippen MR) is 88.5 cm³/mol. The van der Waals surface area contributed by atoms with Crippen molar-refractivity contribution in [1.82, 2.24) is 0 Å². The van der Waals surface area contributed by atoms with Gasteiger partial charge in [-0.2, -0.15) is 0 Å². The van der Waals surface area contributed by atoms with Crippen LogP contribution in [0.15, 0.2) is 0 Å². The molecule has 0 heterocycles. The molecule has 0 aromatic heterocycles. The van der Waals surface area contributed by atoms with E-state index in [-0.39, 0.29) is 0 Å². The molecule has 0 radical (unpaired) electrons. The molecule has 0 aromatic rings. The van der Waals surface area contributed by atoms with Gasteiger partial charge in [-0.15, -0.1) is 0 Å². The first-order valence-corrected chi connectivity index (χ1v) is 16.4. The molecular formula is C17H36OSn. The van der Waals surface area contributed by atoms with Crippen molar-refractivity contribution in [2.24, 2.45) is 5.41 Å². The number of hydrogen-bond donors (Lipinski definition) is 1. The summed E-state index contributed by atoms with van der Waals surface area (Å²) in [4.78, 5) is 0. The molecule has 0 bridgehead atoms. The normalized spacial score (nSPS) is 26.7. The summed E-state index contributed by atoms with van der Waals surface area (Å²) in [6, 6.07) is 0. The van der Waals surface area contributed by atoms with Crippen molar-refractivity contribution >= 4 is 18.4 Å². The van der Waals surface area contributed by atoms with Gasteiger partial charge in [-0.1, -0.05) is 0 Å². The SMILES string of the molecule is CCC[CH2][Sn]([CH2]CCC)([CH2]CCC)[CH]1CC1(C)CO. The maximum absolute atomic E-state index is 9.71. The van der Waals surface area contributed by atoms with E-state index in [1.807, 2.05) is 0 Å². The molecule has 2 heteroatoms. The van der Waals surface area contributed by atoms with Crippen LogP contribution in [0.4, 0.5) is 0 Å². The van der Waals surface area contributed by atoms with Crippen molar-refractivity contribution in [3.05, 3.63) is 0 Å². The van der Waals surface area contributed by atoms with E-state index in [1.54, 1.807) is 13.3 Å². The zero-order valence-corrected chi connectivity index (χ0v) is 16.7. The minimum absolute atomic E-state index is 0.339. The van der Waals surface area contributed by atoms with Gasteiger partial charge in [0.1, 0.15) is 0 Å². The fourth-order valence-electron chi connectivity index (χ4n) is 4.02. The Morgan fingerprint density at radius 3 is 1.63 bits per heavy atom.